The molecular weight excluding hydrogens is 250 g/mol. The molecule has 104 valence electrons. The van der Waals surface area contributed by atoms with Crippen LogP contribution in [0, 0.1) is 11.3 Å². The van der Waals surface area contributed by atoms with Gasteiger partial charge in [-0.25, -0.2) is 0 Å². The van der Waals surface area contributed by atoms with Gasteiger partial charge in [0, 0.05) is 13.0 Å². The predicted octanol–water partition coefficient (Wildman–Crippen LogP) is -0.109. The van der Waals surface area contributed by atoms with E-state index in [1.165, 1.54) is 6.39 Å². The van der Waals surface area contributed by atoms with Gasteiger partial charge in [0.05, 0.1) is 0 Å². The molecular formula is C11H17N5O3. The van der Waals surface area contributed by atoms with Crippen LogP contribution in [-0.4, -0.2) is 33.6 Å². The van der Waals surface area contributed by atoms with Crippen LogP contribution in [0.1, 0.15) is 25.6 Å². The lowest BCUT2D eigenvalue weighted by atomic mass is 9.61. The number of aromatic nitrogens is 2. The molecule has 8 nitrogen and oxygen atoms in total. The summed E-state index contributed by atoms with van der Waals surface area (Å²) in [7, 11) is 0. The van der Waals surface area contributed by atoms with Gasteiger partial charge in [-0.05, 0) is 18.8 Å². The van der Waals surface area contributed by atoms with Crippen molar-refractivity contribution in [3.8, 4) is 0 Å². The van der Waals surface area contributed by atoms with E-state index < -0.39 is 5.41 Å². The molecule has 0 aromatic carbocycles. The quantitative estimate of drug-likeness (QED) is 0.296. The number of amidine groups is 1. The molecule has 19 heavy (non-hydrogen) atoms. The average molecular weight is 267 g/mol. The van der Waals surface area contributed by atoms with Crippen molar-refractivity contribution >= 4 is 11.7 Å². The molecule has 8 heteroatoms. The van der Waals surface area contributed by atoms with Gasteiger partial charge in [0.1, 0.15) is 5.41 Å². The second kappa shape index (κ2) is 5.25. The lowest BCUT2D eigenvalue weighted by Crippen LogP contribution is -2.57. The van der Waals surface area contributed by atoms with Crippen molar-refractivity contribution in [2.75, 3.05) is 6.54 Å². The summed E-state index contributed by atoms with van der Waals surface area (Å²) in [6, 6.07) is 0. The molecule has 0 unspecified atom stereocenters. The summed E-state index contributed by atoms with van der Waals surface area (Å²) >= 11 is 0. The zero-order chi connectivity index (χ0) is 13.9. The predicted molar refractivity (Wildman–Crippen MR) is 65.3 cm³/mol. The number of nitrogens with zero attached hydrogens (tertiary/aromatic N) is 3. The van der Waals surface area contributed by atoms with E-state index in [0.29, 0.717) is 37.5 Å². The van der Waals surface area contributed by atoms with Crippen molar-refractivity contribution in [1.82, 2.24) is 15.5 Å². The van der Waals surface area contributed by atoms with Gasteiger partial charge in [-0.15, -0.1) is 0 Å². The Morgan fingerprint density at radius 3 is 3.00 bits per heavy atom. The number of hydrogen-bond acceptors (Lipinski definition) is 6. The highest BCUT2D eigenvalue weighted by atomic mass is 16.5. The van der Waals surface area contributed by atoms with Crippen LogP contribution in [0.3, 0.4) is 0 Å². The number of hydrogen-bond donors (Lipinski definition) is 3. The highest BCUT2D eigenvalue weighted by Crippen LogP contribution is 2.45. The van der Waals surface area contributed by atoms with E-state index in [4.69, 9.17) is 10.9 Å². The minimum absolute atomic E-state index is 0.0253. The minimum atomic E-state index is -0.870. The molecule has 1 aromatic rings. The van der Waals surface area contributed by atoms with Crippen molar-refractivity contribution in [2.24, 2.45) is 22.2 Å². The molecule has 0 radical (unpaired) electrons. The summed E-state index contributed by atoms with van der Waals surface area (Å²) in [4.78, 5) is 16.0. The zero-order valence-electron chi connectivity index (χ0n) is 10.7. The van der Waals surface area contributed by atoms with E-state index >= 15 is 0 Å². The van der Waals surface area contributed by atoms with Crippen LogP contribution in [0.25, 0.3) is 0 Å². The molecule has 0 aliphatic heterocycles. The largest absolute Gasteiger partial charge is 0.409 e. The zero-order valence-corrected chi connectivity index (χ0v) is 10.7. The summed E-state index contributed by atoms with van der Waals surface area (Å²) in [6.45, 7) is 2.41. The van der Waals surface area contributed by atoms with Crippen LogP contribution >= 0.6 is 0 Å². The Labute approximate surface area is 110 Å². The van der Waals surface area contributed by atoms with Gasteiger partial charge < -0.3 is 20.8 Å². The third kappa shape index (κ3) is 2.51. The van der Waals surface area contributed by atoms with E-state index in [9.17, 15) is 4.79 Å². The lowest BCUT2D eigenvalue weighted by molar-refractivity contribution is -0.133. The van der Waals surface area contributed by atoms with Crippen LogP contribution in [0.2, 0.25) is 0 Å². The molecule has 2 rings (SSSR count). The highest BCUT2D eigenvalue weighted by molar-refractivity contribution is 6.07. The van der Waals surface area contributed by atoms with E-state index in [2.05, 4.69) is 25.1 Å². The second-order valence-corrected chi connectivity index (χ2v) is 4.93. The van der Waals surface area contributed by atoms with Crippen molar-refractivity contribution < 1.29 is 14.5 Å². The van der Waals surface area contributed by atoms with Crippen molar-refractivity contribution in [3.05, 3.63) is 12.2 Å². The molecule has 0 atom stereocenters. The minimum Gasteiger partial charge on any atom is -0.409 e. The van der Waals surface area contributed by atoms with Crippen molar-refractivity contribution in [1.29, 1.82) is 0 Å². The molecule has 1 fully saturated rings. The Kier molecular flexibility index (Phi) is 3.68. The summed E-state index contributed by atoms with van der Waals surface area (Å²) in [5.41, 5.74) is 4.77. The number of amides is 1. The molecule has 1 aliphatic carbocycles. The molecule has 1 saturated carbocycles. The first-order chi connectivity index (χ1) is 9.08. The SMILES string of the molecule is CC1CC(C(=O)NCCc2ncon2)(C(N)=NO)C1. The molecule has 1 amide bonds. The normalized spacial score (nSPS) is 26.8. The van der Waals surface area contributed by atoms with Crippen LogP contribution in [0.15, 0.2) is 16.1 Å². The lowest BCUT2D eigenvalue weighted by Gasteiger charge is -2.43. The van der Waals surface area contributed by atoms with Gasteiger partial charge in [-0.3, -0.25) is 4.79 Å². The van der Waals surface area contributed by atoms with Crippen LogP contribution in [0.4, 0.5) is 0 Å². The van der Waals surface area contributed by atoms with E-state index in [1.54, 1.807) is 0 Å². The molecule has 0 spiro atoms. The summed E-state index contributed by atoms with van der Waals surface area (Å²) in [6.07, 6.45) is 2.90. The number of nitrogens with two attached hydrogens (primary N) is 1. The van der Waals surface area contributed by atoms with Gasteiger partial charge >= 0.3 is 0 Å². The molecule has 1 heterocycles. The maximum absolute atomic E-state index is 12.2. The third-order valence-electron chi connectivity index (χ3n) is 3.47. The maximum atomic E-state index is 12.2. The number of oxime groups is 1. The monoisotopic (exact) mass is 267 g/mol. The topological polar surface area (TPSA) is 127 Å². The second-order valence-electron chi connectivity index (χ2n) is 4.93. The van der Waals surface area contributed by atoms with Gasteiger partial charge in [0.25, 0.3) is 0 Å². The van der Waals surface area contributed by atoms with Crippen molar-refractivity contribution in [2.45, 2.75) is 26.2 Å². The Hall–Kier alpha value is -2.12. The summed E-state index contributed by atoms with van der Waals surface area (Å²) in [5, 5.41) is 18.2. The number of carbonyl (C=O) groups excluding carboxylic acids is 1. The fraction of sp³-hybridized carbons (Fsp3) is 0.636. The number of rotatable bonds is 5. The van der Waals surface area contributed by atoms with Crippen LogP contribution in [-0.2, 0) is 11.2 Å². The first-order valence-electron chi connectivity index (χ1n) is 6.10. The average Bonchev–Trinajstić information content (AvgIpc) is 2.86. The summed E-state index contributed by atoms with van der Waals surface area (Å²) in [5.74, 6) is 0.676. The highest BCUT2D eigenvalue weighted by Gasteiger charge is 2.51. The molecule has 0 bridgehead atoms. The van der Waals surface area contributed by atoms with Crippen LogP contribution in [0.5, 0.6) is 0 Å². The van der Waals surface area contributed by atoms with E-state index in [1.807, 2.05) is 6.92 Å². The van der Waals surface area contributed by atoms with E-state index in [-0.39, 0.29) is 11.7 Å². The first-order valence-corrected chi connectivity index (χ1v) is 6.10. The first kappa shape index (κ1) is 13.3. The maximum Gasteiger partial charge on any atom is 0.233 e. The fourth-order valence-electron chi connectivity index (χ4n) is 2.50. The molecule has 1 aliphatic rings. The summed E-state index contributed by atoms with van der Waals surface area (Å²) < 4.78 is 4.60. The van der Waals surface area contributed by atoms with E-state index in [0.717, 1.165) is 0 Å². The molecule has 4 N–H and O–H groups in total. The van der Waals surface area contributed by atoms with Crippen LogP contribution < -0.4 is 11.1 Å². The third-order valence-corrected chi connectivity index (χ3v) is 3.47. The smallest absolute Gasteiger partial charge is 0.233 e. The van der Waals surface area contributed by atoms with Crippen molar-refractivity contribution in [3.63, 3.8) is 0 Å². The molecule has 1 aromatic heterocycles. The number of carbonyl (C=O) groups is 1. The Bertz CT molecular complexity index is 465. The van der Waals surface area contributed by atoms with Gasteiger partial charge in [-0.2, -0.15) is 4.98 Å². The Balaban J connectivity index is 1.90. The number of nitrogens with one attached hydrogen (secondary N) is 1. The Morgan fingerprint density at radius 1 is 1.74 bits per heavy atom. The standard InChI is InChI=1S/C11H17N5O3/c1-7-4-11(5-7,9(12)15-18)10(17)13-3-2-8-14-6-19-16-8/h6-7,18H,2-5H2,1H3,(H2,12,15)(H,13,17). The van der Waals surface area contributed by atoms with Gasteiger partial charge in [0.15, 0.2) is 11.7 Å². The van der Waals surface area contributed by atoms with Gasteiger partial charge in [-0.1, -0.05) is 17.2 Å². The fourth-order valence-corrected chi connectivity index (χ4v) is 2.50. The Morgan fingerprint density at radius 2 is 2.47 bits per heavy atom. The van der Waals surface area contributed by atoms with Gasteiger partial charge in [0.2, 0.25) is 12.3 Å². The molecule has 0 saturated heterocycles.